The fraction of sp³-hybridized carbons (Fsp3) is 0.500. The molecule has 1 rings (SSSR count). The number of nitro groups is 1. The van der Waals surface area contributed by atoms with Crippen molar-refractivity contribution >= 4 is 27.4 Å². The monoisotopic (exact) mass is 261 g/mol. The lowest BCUT2D eigenvalue weighted by Gasteiger charge is -2.12. The van der Waals surface area contributed by atoms with Gasteiger partial charge in [-0.05, 0) is 11.3 Å². The predicted octanol–water partition coefficient (Wildman–Crippen LogP) is 0.953. The standard InChI is InChI=1S/C8H11N3O5S/c1-16-3-2-5(7(12)13)10-8-9-4-6(17-8)11(14)15/h4-5H,2-3H2,1H3,(H,9,10)(H,12,13). The minimum absolute atomic E-state index is 0.136. The third-order valence-electron chi connectivity index (χ3n) is 1.88. The Morgan fingerprint density at radius 2 is 2.53 bits per heavy atom. The van der Waals surface area contributed by atoms with Gasteiger partial charge in [0.15, 0.2) is 5.13 Å². The van der Waals surface area contributed by atoms with Crippen LogP contribution >= 0.6 is 11.3 Å². The number of nitrogens with zero attached hydrogens (tertiary/aromatic N) is 2. The lowest BCUT2D eigenvalue weighted by atomic mass is 10.2. The first-order valence-corrected chi connectivity index (χ1v) is 5.44. The summed E-state index contributed by atoms with van der Waals surface area (Å²) in [4.78, 5) is 24.4. The van der Waals surface area contributed by atoms with Crippen LogP contribution in [0.3, 0.4) is 0 Å². The number of methoxy groups -OCH3 is 1. The third-order valence-corrected chi connectivity index (χ3v) is 2.76. The zero-order valence-electron chi connectivity index (χ0n) is 8.95. The maximum absolute atomic E-state index is 10.9. The normalized spacial score (nSPS) is 12.1. The molecule has 0 bridgehead atoms. The van der Waals surface area contributed by atoms with Crippen molar-refractivity contribution in [1.29, 1.82) is 0 Å². The first-order chi connectivity index (χ1) is 8.04. The molecule has 0 fully saturated rings. The van der Waals surface area contributed by atoms with Crippen LogP contribution in [0, 0.1) is 10.1 Å². The molecular formula is C8H11N3O5S. The third kappa shape index (κ3) is 3.96. The molecule has 0 aliphatic rings. The van der Waals surface area contributed by atoms with Crippen molar-refractivity contribution in [3.63, 3.8) is 0 Å². The molecule has 1 aromatic heterocycles. The first-order valence-electron chi connectivity index (χ1n) is 4.63. The van der Waals surface area contributed by atoms with E-state index in [2.05, 4.69) is 10.3 Å². The molecule has 94 valence electrons. The molecule has 1 aromatic rings. The van der Waals surface area contributed by atoms with Gasteiger partial charge in [0.25, 0.3) is 0 Å². The Labute approximate surface area is 100 Å². The van der Waals surface area contributed by atoms with Gasteiger partial charge in [-0.3, -0.25) is 10.1 Å². The van der Waals surface area contributed by atoms with Gasteiger partial charge in [0.05, 0.1) is 4.92 Å². The maximum atomic E-state index is 10.9. The van der Waals surface area contributed by atoms with Gasteiger partial charge < -0.3 is 15.2 Å². The molecule has 1 heterocycles. The number of aromatic nitrogens is 1. The predicted molar refractivity (Wildman–Crippen MR) is 60.3 cm³/mol. The van der Waals surface area contributed by atoms with E-state index in [0.717, 1.165) is 17.5 Å². The Balaban J connectivity index is 2.65. The molecular weight excluding hydrogens is 250 g/mol. The van der Waals surface area contributed by atoms with Gasteiger partial charge in [-0.1, -0.05) is 0 Å². The average molecular weight is 261 g/mol. The molecule has 9 heteroatoms. The second-order valence-electron chi connectivity index (χ2n) is 3.08. The number of carboxylic acids is 1. The van der Waals surface area contributed by atoms with Gasteiger partial charge in [-0.15, -0.1) is 0 Å². The Morgan fingerprint density at radius 1 is 1.82 bits per heavy atom. The Hall–Kier alpha value is -1.74. The van der Waals surface area contributed by atoms with Gasteiger partial charge in [0.1, 0.15) is 12.2 Å². The molecule has 0 radical (unpaired) electrons. The summed E-state index contributed by atoms with van der Waals surface area (Å²) in [6.45, 7) is 0.275. The molecule has 8 nitrogen and oxygen atoms in total. The van der Waals surface area contributed by atoms with Crippen molar-refractivity contribution in [2.24, 2.45) is 0 Å². The number of carbonyl (C=O) groups is 1. The van der Waals surface area contributed by atoms with Gasteiger partial charge in [-0.2, -0.15) is 0 Å². The van der Waals surface area contributed by atoms with Crippen LogP contribution in [-0.4, -0.2) is 40.7 Å². The van der Waals surface area contributed by atoms with Crippen LogP contribution in [-0.2, 0) is 9.53 Å². The second-order valence-corrected chi connectivity index (χ2v) is 4.09. The molecule has 1 unspecified atom stereocenters. The molecule has 0 aromatic carbocycles. The number of anilines is 1. The van der Waals surface area contributed by atoms with Crippen LogP contribution in [0.2, 0.25) is 0 Å². The summed E-state index contributed by atoms with van der Waals surface area (Å²) in [7, 11) is 1.47. The molecule has 0 saturated heterocycles. The number of hydrogen-bond donors (Lipinski definition) is 2. The first kappa shape index (κ1) is 13.3. The van der Waals surface area contributed by atoms with Crippen molar-refractivity contribution in [2.75, 3.05) is 19.0 Å². The van der Waals surface area contributed by atoms with Crippen LogP contribution in [0.4, 0.5) is 10.1 Å². The zero-order chi connectivity index (χ0) is 12.8. The van der Waals surface area contributed by atoms with Crippen LogP contribution in [0.1, 0.15) is 6.42 Å². The quantitative estimate of drug-likeness (QED) is 0.554. The number of aliphatic carboxylic acids is 1. The summed E-state index contributed by atoms with van der Waals surface area (Å²) in [6, 6.07) is -0.874. The summed E-state index contributed by atoms with van der Waals surface area (Å²) in [5.41, 5.74) is 0. The van der Waals surface area contributed by atoms with E-state index >= 15 is 0 Å². The summed E-state index contributed by atoms with van der Waals surface area (Å²) < 4.78 is 4.78. The molecule has 0 aliphatic heterocycles. The Kier molecular flexibility index (Phi) is 4.79. The van der Waals surface area contributed by atoms with Gasteiger partial charge in [0.2, 0.25) is 0 Å². The van der Waals surface area contributed by atoms with E-state index in [0.29, 0.717) is 0 Å². The van der Waals surface area contributed by atoms with Crippen LogP contribution in [0.5, 0.6) is 0 Å². The largest absolute Gasteiger partial charge is 0.480 e. The molecule has 0 aliphatic carbocycles. The molecule has 17 heavy (non-hydrogen) atoms. The summed E-state index contributed by atoms with van der Waals surface area (Å²) in [6.07, 6.45) is 1.33. The molecule has 0 saturated carbocycles. The van der Waals surface area contributed by atoms with E-state index in [1.165, 1.54) is 7.11 Å². The number of thiazole rings is 1. The van der Waals surface area contributed by atoms with E-state index in [1.54, 1.807) is 0 Å². The number of rotatable bonds is 7. The Morgan fingerprint density at radius 3 is 3.00 bits per heavy atom. The summed E-state index contributed by atoms with van der Waals surface area (Å²) >= 11 is 0.795. The van der Waals surface area contributed by atoms with E-state index in [4.69, 9.17) is 9.84 Å². The average Bonchev–Trinajstić information content (AvgIpc) is 2.72. The topological polar surface area (TPSA) is 115 Å². The fourth-order valence-electron chi connectivity index (χ4n) is 1.06. The highest BCUT2D eigenvalue weighted by Gasteiger charge is 2.20. The lowest BCUT2D eigenvalue weighted by molar-refractivity contribution is -0.380. The van der Waals surface area contributed by atoms with Crippen molar-refractivity contribution in [2.45, 2.75) is 12.5 Å². The number of carboxylic acid groups (broad SMARTS) is 1. The minimum Gasteiger partial charge on any atom is -0.480 e. The van der Waals surface area contributed by atoms with E-state index in [-0.39, 0.29) is 23.2 Å². The summed E-state index contributed by atoms with van der Waals surface area (Å²) in [5, 5.41) is 22.0. The minimum atomic E-state index is -1.06. The highest BCUT2D eigenvalue weighted by atomic mass is 32.1. The second kappa shape index (κ2) is 6.11. The highest BCUT2D eigenvalue weighted by Crippen LogP contribution is 2.25. The maximum Gasteiger partial charge on any atom is 0.345 e. The molecule has 0 amide bonds. The SMILES string of the molecule is COCCC(Nc1ncc([N+](=O)[O-])s1)C(=O)O. The van der Waals surface area contributed by atoms with E-state index < -0.39 is 16.9 Å². The van der Waals surface area contributed by atoms with Crippen LogP contribution in [0.15, 0.2) is 6.20 Å². The zero-order valence-corrected chi connectivity index (χ0v) is 9.77. The smallest absolute Gasteiger partial charge is 0.345 e. The Bertz CT molecular complexity index is 408. The number of ether oxygens (including phenoxy) is 1. The number of hydrogen-bond acceptors (Lipinski definition) is 7. The fourth-order valence-corrected chi connectivity index (χ4v) is 1.74. The lowest BCUT2D eigenvalue weighted by Crippen LogP contribution is -2.30. The van der Waals surface area contributed by atoms with E-state index in [9.17, 15) is 14.9 Å². The van der Waals surface area contributed by atoms with Gasteiger partial charge >= 0.3 is 11.0 Å². The van der Waals surface area contributed by atoms with Crippen molar-refractivity contribution < 1.29 is 19.6 Å². The molecule has 1 atom stereocenters. The van der Waals surface area contributed by atoms with Crippen LogP contribution in [0.25, 0.3) is 0 Å². The van der Waals surface area contributed by atoms with E-state index in [1.807, 2.05) is 0 Å². The van der Waals surface area contributed by atoms with Crippen molar-refractivity contribution in [1.82, 2.24) is 4.98 Å². The number of nitrogens with one attached hydrogen (secondary N) is 1. The van der Waals surface area contributed by atoms with Crippen molar-refractivity contribution in [3.8, 4) is 0 Å². The molecule has 0 spiro atoms. The van der Waals surface area contributed by atoms with Crippen molar-refractivity contribution in [3.05, 3.63) is 16.3 Å². The van der Waals surface area contributed by atoms with Crippen LogP contribution < -0.4 is 5.32 Å². The van der Waals surface area contributed by atoms with Gasteiger partial charge in [-0.25, -0.2) is 9.78 Å². The highest BCUT2D eigenvalue weighted by molar-refractivity contribution is 7.18. The van der Waals surface area contributed by atoms with Gasteiger partial charge in [0, 0.05) is 20.1 Å². The summed E-state index contributed by atoms with van der Waals surface area (Å²) in [5.74, 6) is -1.06. The molecule has 2 N–H and O–H groups in total.